The molecule has 0 aliphatic carbocycles. The second kappa shape index (κ2) is 9.67. The zero-order valence-electron chi connectivity index (χ0n) is 12.3. The maximum absolute atomic E-state index is 6.33. The summed E-state index contributed by atoms with van der Waals surface area (Å²) in [4.78, 5) is 0. The van der Waals surface area contributed by atoms with Crippen LogP contribution in [-0.4, -0.2) is 27.8 Å². The van der Waals surface area contributed by atoms with Gasteiger partial charge in [-0.15, -0.1) is 0 Å². The van der Waals surface area contributed by atoms with Crippen molar-refractivity contribution in [2.24, 2.45) is 0 Å². The van der Waals surface area contributed by atoms with Gasteiger partial charge in [0.05, 0.1) is 23.0 Å². The lowest BCUT2D eigenvalue weighted by Gasteiger charge is -2.20. The second-order valence-electron chi connectivity index (χ2n) is 4.68. The van der Waals surface area contributed by atoms with Gasteiger partial charge in [0, 0.05) is 12.3 Å². The van der Waals surface area contributed by atoms with Crippen LogP contribution in [0.5, 0.6) is 0 Å². The van der Waals surface area contributed by atoms with Gasteiger partial charge in [0.1, 0.15) is 0 Å². The fourth-order valence-corrected chi connectivity index (χ4v) is 3.25. The number of halogens is 1. The van der Waals surface area contributed by atoms with Crippen molar-refractivity contribution in [2.45, 2.75) is 52.6 Å². The molecule has 1 N–H and O–H groups in total. The Hall–Kier alpha value is -0.190. The highest BCUT2D eigenvalue weighted by molar-refractivity contribution is 7.99. The lowest BCUT2D eigenvalue weighted by Crippen LogP contribution is -2.27. The Balaban J connectivity index is 2.78. The van der Waals surface area contributed by atoms with Gasteiger partial charge in [0.2, 0.25) is 0 Å². The van der Waals surface area contributed by atoms with E-state index >= 15 is 0 Å². The van der Waals surface area contributed by atoms with Gasteiger partial charge < -0.3 is 5.32 Å². The molecule has 0 aliphatic heterocycles. The molecule has 3 nitrogen and oxygen atoms in total. The van der Waals surface area contributed by atoms with Crippen LogP contribution in [0.4, 0.5) is 0 Å². The molecule has 0 bridgehead atoms. The monoisotopic (exact) mass is 303 g/mol. The Bertz CT molecular complexity index is 354. The van der Waals surface area contributed by atoms with Crippen LogP contribution in [0.1, 0.15) is 51.8 Å². The Labute approximate surface area is 126 Å². The molecule has 0 spiro atoms. The minimum atomic E-state index is 0.304. The van der Waals surface area contributed by atoms with Gasteiger partial charge in [-0.05, 0) is 31.6 Å². The van der Waals surface area contributed by atoms with Crippen molar-refractivity contribution in [1.29, 1.82) is 0 Å². The molecule has 19 heavy (non-hydrogen) atoms. The fraction of sp³-hybridized carbons (Fsp3) is 0.786. The quantitative estimate of drug-likeness (QED) is 0.659. The summed E-state index contributed by atoms with van der Waals surface area (Å²) in [6.07, 6.45) is 5.20. The minimum absolute atomic E-state index is 0.304. The number of aromatic nitrogens is 2. The van der Waals surface area contributed by atoms with Crippen LogP contribution in [0.3, 0.4) is 0 Å². The fourth-order valence-electron chi connectivity index (χ4n) is 2.01. The van der Waals surface area contributed by atoms with Gasteiger partial charge in [0.15, 0.2) is 0 Å². The third kappa shape index (κ3) is 5.36. The van der Waals surface area contributed by atoms with E-state index in [-0.39, 0.29) is 0 Å². The van der Waals surface area contributed by atoms with Crippen LogP contribution in [0.2, 0.25) is 5.02 Å². The SMILES string of the molecule is CCCNC(CSCCC)c1c(Cl)cnn1CCC. The first-order valence-corrected chi connectivity index (χ1v) is 8.80. The molecule has 0 aromatic carbocycles. The molecule has 0 radical (unpaired) electrons. The Morgan fingerprint density at radius 1 is 1.32 bits per heavy atom. The summed E-state index contributed by atoms with van der Waals surface area (Å²) in [7, 11) is 0. The number of nitrogens with one attached hydrogen (secondary N) is 1. The first kappa shape index (κ1) is 16.9. The summed E-state index contributed by atoms with van der Waals surface area (Å²) >= 11 is 8.32. The third-order valence-corrected chi connectivity index (χ3v) is 4.43. The molecule has 1 aromatic rings. The number of thioether (sulfide) groups is 1. The summed E-state index contributed by atoms with van der Waals surface area (Å²) in [5.74, 6) is 2.26. The van der Waals surface area contributed by atoms with Crippen LogP contribution in [0.15, 0.2) is 6.20 Å². The average molecular weight is 304 g/mol. The number of hydrogen-bond acceptors (Lipinski definition) is 3. The smallest absolute Gasteiger partial charge is 0.0834 e. The summed E-state index contributed by atoms with van der Waals surface area (Å²) in [6.45, 7) is 8.53. The van der Waals surface area contributed by atoms with E-state index in [1.54, 1.807) is 6.20 Å². The van der Waals surface area contributed by atoms with Gasteiger partial charge in [-0.25, -0.2) is 0 Å². The van der Waals surface area contributed by atoms with Gasteiger partial charge >= 0.3 is 0 Å². The van der Waals surface area contributed by atoms with Crippen molar-refractivity contribution >= 4 is 23.4 Å². The molecule has 0 saturated carbocycles. The number of rotatable bonds is 10. The van der Waals surface area contributed by atoms with Crippen molar-refractivity contribution < 1.29 is 0 Å². The van der Waals surface area contributed by atoms with Crippen molar-refractivity contribution in [3.63, 3.8) is 0 Å². The molecule has 110 valence electrons. The number of nitrogens with zero attached hydrogens (tertiary/aromatic N) is 2. The van der Waals surface area contributed by atoms with E-state index in [0.29, 0.717) is 6.04 Å². The zero-order valence-corrected chi connectivity index (χ0v) is 13.9. The van der Waals surface area contributed by atoms with Crippen molar-refractivity contribution in [1.82, 2.24) is 15.1 Å². The highest BCUT2D eigenvalue weighted by Crippen LogP contribution is 2.26. The molecule has 1 aromatic heterocycles. The van der Waals surface area contributed by atoms with Crippen LogP contribution < -0.4 is 5.32 Å². The molecule has 1 heterocycles. The van der Waals surface area contributed by atoms with Crippen molar-refractivity contribution in [3.8, 4) is 0 Å². The van der Waals surface area contributed by atoms with Crippen molar-refractivity contribution in [2.75, 3.05) is 18.1 Å². The third-order valence-electron chi connectivity index (χ3n) is 2.87. The summed E-state index contributed by atoms with van der Waals surface area (Å²) in [5.41, 5.74) is 1.15. The standard InChI is InChI=1S/C14H26ClN3S/c1-4-7-16-13(11-19-9-6-3)14-12(15)10-17-18(14)8-5-2/h10,13,16H,4-9,11H2,1-3H3. The summed E-state index contributed by atoms with van der Waals surface area (Å²) < 4.78 is 2.06. The second-order valence-corrected chi connectivity index (χ2v) is 6.24. The first-order valence-electron chi connectivity index (χ1n) is 7.26. The maximum Gasteiger partial charge on any atom is 0.0834 e. The molecule has 0 amide bonds. The van der Waals surface area contributed by atoms with E-state index in [9.17, 15) is 0 Å². The van der Waals surface area contributed by atoms with E-state index in [0.717, 1.165) is 42.4 Å². The van der Waals surface area contributed by atoms with Crippen LogP contribution in [-0.2, 0) is 6.54 Å². The topological polar surface area (TPSA) is 29.9 Å². The zero-order chi connectivity index (χ0) is 14.1. The molecule has 0 saturated heterocycles. The molecule has 1 atom stereocenters. The van der Waals surface area contributed by atoms with Gasteiger partial charge in [-0.1, -0.05) is 32.4 Å². The summed E-state index contributed by atoms with van der Waals surface area (Å²) in [5, 5.41) is 8.79. The predicted octanol–water partition coefficient (Wildman–Crippen LogP) is 4.13. The predicted molar refractivity (Wildman–Crippen MR) is 86.2 cm³/mol. The summed E-state index contributed by atoms with van der Waals surface area (Å²) in [6, 6.07) is 0.304. The Kier molecular flexibility index (Phi) is 8.58. The van der Waals surface area contributed by atoms with Crippen LogP contribution >= 0.6 is 23.4 Å². The lowest BCUT2D eigenvalue weighted by molar-refractivity contribution is 0.499. The van der Waals surface area contributed by atoms with E-state index in [4.69, 9.17) is 11.6 Å². The number of aryl methyl sites for hydroxylation is 1. The molecule has 0 fully saturated rings. The first-order chi connectivity index (χ1) is 9.24. The maximum atomic E-state index is 6.33. The van der Waals surface area contributed by atoms with Gasteiger partial charge in [0.25, 0.3) is 0 Å². The van der Waals surface area contributed by atoms with Gasteiger partial charge in [-0.2, -0.15) is 16.9 Å². The Morgan fingerprint density at radius 3 is 2.74 bits per heavy atom. The molecule has 5 heteroatoms. The highest BCUT2D eigenvalue weighted by atomic mass is 35.5. The van der Waals surface area contributed by atoms with E-state index in [1.165, 1.54) is 12.2 Å². The molecular weight excluding hydrogens is 278 g/mol. The Morgan fingerprint density at radius 2 is 2.11 bits per heavy atom. The van der Waals surface area contributed by atoms with Gasteiger partial charge in [-0.3, -0.25) is 4.68 Å². The van der Waals surface area contributed by atoms with Crippen molar-refractivity contribution in [3.05, 3.63) is 16.9 Å². The normalized spacial score (nSPS) is 12.8. The molecular formula is C14H26ClN3S. The number of hydrogen-bond donors (Lipinski definition) is 1. The van der Waals surface area contributed by atoms with E-state index in [2.05, 4.69) is 35.9 Å². The van der Waals surface area contributed by atoms with Crippen LogP contribution in [0, 0.1) is 0 Å². The minimum Gasteiger partial charge on any atom is -0.308 e. The van der Waals surface area contributed by atoms with Crippen LogP contribution in [0.25, 0.3) is 0 Å². The molecule has 1 unspecified atom stereocenters. The largest absolute Gasteiger partial charge is 0.308 e. The van der Waals surface area contributed by atoms with E-state index in [1.807, 2.05) is 11.8 Å². The highest BCUT2D eigenvalue weighted by Gasteiger charge is 2.19. The lowest BCUT2D eigenvalue weighted by atomic mass is 10.2. The molecule has 1 rings (SSSR count). The molecule has 0 aliphatic rings. The average Bonchev–Trinajstić information content (AvgIpc) is 2.76. The van der Waals surface area contributed by atoms with E-state index < -0.39 is 0 Å².